The molecular weight excluding hydrogens is 352 g/mol. The van der Waals surface area contributed by atoms with Crippen molar-refractivity contribution in [1.29, 1.82) is 0 Å². The number of urea groups is 2. The van der Waals surface area contributed by atoms with E-state index in [4.69, 9.17) is 0 Å². The summed E-state index contributed by atoms with van der Waals surface area (Å²) in [7, 11) is -3.15. The molecule has 0 aromatic rings. The molecule has 0 aromatic carbocycles. The maximum absolute atomic E-state index is 12.4. The molecule has 3 rings (SSSR count). The quantitative estimate of drug-likeness (QED) is 0.525. The summed E-state index contributed by atoms with van der Waals surface area (Å²) in [4.78, 5) is 48.8. The summed E-state index contributed by atoms with van der Waals surface area (Å²) in [5.74, 6) is -1.39. The minimum Gasteiger partial charge on any atom is -0.334 e. The number of carbonyl (C=O) groups excluding carboxylic acids is 4. The molecule has 3 aliphatic rings. The normalized spacial score (nSPS) is 30.9. The van der Waals surface area contributed by atoms with Gasteiger partial charge in [-0.05, 0) is 32.1 Å². The maximum Gasteiger partial charge on any atom is 0.325 e. The topological polar surface area (TPSA) is 142 Å². The average Bonchev–Trinajstić information content (AvgIpc) is 3.25. The number of imide groups is 2. The van der Waals surface area contributed by atoms with Crippen molar-refractivity contribution in [2.75, 3.05) is 18.1 Å². The van der Waals surface area contributed by atoms with Crippen LogP contribution in [0.1, 0.15) is 26.2 Å². The van der Waals surface area contributed by atoms with Crippen LogP contribution in [0, 0.1) is 5.92 Å². The largest absolute Gasteiger partial charge is 0.334 e. The molecule has 6 amide bonds. The fourth-order valence-corrected chi connectivity index (χ4v) is 4.91. The monoisotopic (exact) mass is 372 g/mol. The van der Waals surface area contributed by atoms with Crippen LogP contribution in [0.15, 0.2) is 0 Å². The highest BCUT2D eigenvalue weighted by Crippen LogP contribution is 2.42. The molecular formula is C14H20N4O6S. The number of nitrogens with zero attached hydrogens (tertiary/aromatic N) is 1. The van der Waals surface area contributed by atoms with Crippen LogP contribution in [0.5, 0.6) is 0 Å². The SMILES string of the molecule is C[C@]1(C2CC2)NC(=O)N(CC(=O)NC(=O)N[C@H]2CCS(=O)(=O)C2)C1=O. The van der Waals surface area contributed by atoms with E-state index in [-0.39, 0.29) is 23.8 Å². The van der Waals surface area contributed by atoms with E-state index in [0.717, 1.165) is 17.7 Å². The molecule has 138 valence electrons. The minimum atomic E-state index is -3.15. The second kappa shape index (κ2) is 5.97. The Kier molecular flexibility index (Phi) is 4.21. The van der Waals surface area contributed by atoms with Crippen LogP contribution in [0.3, 0.4) is 0 Å². The van der Waals surface area contributed by atoms with Crippen LogP contribution in [-0.4, -0.2) is 66.8 Å². The van der Waals surface area contributed by atoms with E-state index in [9.17, 15) is 27.6 Å². The third kappa shape index (κ3) is 3.60. The fraction of sp³-hybridized carbons (Fsp3) is 0.714. The van der Waals surface area contributed by atoms with E-state index >= 15 is 0 Å². The van der Waals surface area contributed by atoms with Crippen LogP contribution >= 0.6 is 0 Å². The molecule has 0 spiro atoms. The third-order valence-corrected chi connectivity index (χ3v) is 6.59. The Balaban J connectivity index is 1.51. The molecule has 2 heterocycles. The van der Waals surface area contributed by atoms with Crippen molar-refractivity contribution < 1.29 is 27.6 Å². The summed E-state index contributed by atoms with van der Waals surface area (Å²) >= 11 is 0. The summed E-state index contributed by atoms with van der Waals surface area (Å²) in [6.45, 7) is 1.07. The lowest BCUT2D eigenvalue weighted by Gasteiger charge is -2.20. The number of hydrogen-bond donors (Lipinski definition) is 3. The van der Waals surface area contributed by atoms with Crippen molar-refractivity contribution in [1.82, 2.24) is 20.9 Å². The summed E-state index contributed by atoms with van der Waals surface area (Å²) in [6, 6.07) is -2.05. The molecule has 0 unspecified atom stereocenters. The Morgan fingerprint density at radius 2 is 1.96 bits per heavy atom. The zero-order valence-electron chi connectivity index (χ0n) is 13.7. The lowest BCUT2D eigenvalue weighted by Crippen LogP contribution is -2.49. The van der Waals surface area contributed by atoms with Gasteiger partial charge in [-0.1, -0.05) is 0 Å². The molecule has 0 aromatic heterocycles. The Hall–Kier alpha value is -2.17. The first-order valence-electron chi connectivity index (χ1n) is 8.05. The van der Waals surface area contributed by atoms with Gasteiger partial charge in [0.15, 0.2) is 9.84 Å². The van der Waals surface area contributed by atoms with Gasteiger partial charge in [0.1, 0.15) is 12.1 Å². The Morgan fingerprint density at radius 3 is 2.52 bits per heavy atom. The van der Waals surface area contributed by atoms with Gasteiger partial charge < -0.3 is 10.6 Å². The predicted molar refractivity (Wildman–Crippen MR) is 85.1 cm³/mol. The van der Waals surface area contributed by atoms with Crippen LogP contribution in [0.25, 0.3) is 0 Å². The van der Waals surface area contributed by atoms with Gasteiger partial charge in [-0.2, -0.15) is 0 Å². The number of hydrogen-bond acceptors (Lipinski definition) is 6. The molecule has 2 saturated heterocycles. The number of sulfone groups is 1. The van der Waals surface area contributed by atoms with Gasteiger partial charge in [-0.25, -0.2) is 18.0 Å². The van der Waals surface area contributed by atoms with E-state index in [2.05, 4.69) is 10.6 Å². The maximum atomic E-state index is 12.4. The number of nitrogens with one attached hydrogen (secondary N) is 3. The van der Waals surface area contributed by atoms with Crippen molar-refractivity contribution in [2.45, 2.75) is 37.8 Å². The molecule has 2 atom stereocenters. The van der Waals surface area contributed by atoms with Crippen LogP contribution < -0.4 is 16.0 Å². The van der Waals surface area contributed by atoms with E-state index in [0.29, 0.717) is 0 Å². The van der Waals surface area contributed by atoms with Crippen molar-refractivity contribution in [3.05, 3.63) is 0 Å². The first kappa shape index (κ1) is 17.6. The average molecular weight is 372 g/mol. The number of carbonyl (C=O) groups is 4. The molecule has 25 heavy (non-hydrogen) atoms. The van der Waals surface area contributed by atoms with Crippen molar-refractivity contribution in [2.24, 2.45) is 5.92 Å². The molecule has 10 nitrogen and oxygen atoms in total. The Bertz CT molecular complexity index is 746. The molecule has 2 aliphatic heterocycles. The second-order valence-electron chi connectivity index (χ2n) is 6.92. The highest BCUT2D eigenvalue weighted by atomic mass is 32.2. The van der Waals surface area contributed by atoms with Crippen molar-refractivity contribution >= 4 is 33.7 Å². The van der Waals surface area contributed by atoms with Crippen molar-refractivity contribution in [3.8, 4) is 0 Å². The van der Waals surface area contributed by atoms with Gasteiger partial charge in [0.2, 0.25) is 5.91 Å². The highest BCUT2D eigenvalue weighted by molar-refractivity contribution is 7.91. The van der Waals surface area contributed by atoms with Gasteiger partial charge in [-0.15, -0.1) is 0 Å². The van der Waals surface area contributed by atoms with Crippen LogP contribution in [-0.2, 0) is 19.4 Å². The van der Waals surface area contributed by atoms with E-state index in [1.165, 1.54) is 0 Å². The van der Waals surface area contributed by atoms with E-state index < -0.39 is 51.8 Å². The minimum absolute atomic E-state index is 0.00586. The molecule has 1 saturated carbocycles. The predicted octanol–water partition coefficient (Wildman–Crippen LogP) is -1.28. The summed E-state index contributed by atoms with van der Waals surface area (Å²) < 4.78 is 22.7. The molecule has 0 bridgehead atoms. The van der Waals surface area contributed by atoms with Gasteiger partial charge in [0.25, 0.3) is 5.91 Å². The molecule has 11 heteroatoms. The molecule has 1 aliphatic carbocycles. The van der Waals surface area contributed by atoms with Crippen LogP contribution in [0.2, 0.25) is 0 Å². The van der Waals surface area contributed by atoms with E-state index in [1.807, 2.05) is 5.32 Å². The first-order valence-corrected chi connectivity index (χ1v) is 9.88. The Labute approximate surface area is 144 Å². The fourth-order valence-electron chi connectivity index (χ4n) is 3.24. The summed E-state index contributed by atoms with van der Waals surface area (Å²) in [5.41, 5.74) is -0.988. The second-order valence-corrected chi connectivity index (χ2v) is 9.15. The van der Waals surface area contributed by atoms with Gasteiger partial charge >= 0.3 is 12.1 Å². The number of amides is 6. The first-order chi connectivity index (χ1) is 11.6. The lowest BCUT2D eigenvalue weighted by atomic mass is 9.96. The third-order valence-electron chi connectivity index (χ3n) is 4.82. The van der Waals surface area contributed by atoms with Crippen LogP contribution in [0.4, 0.5) is 9.59 Å². The number of rotatable bonds is 4. The molecule has 3 N–H and O–H groups in total. The summed E-state index contributed by atoms with van der Waals surface area (Å²) in [5, 5.41) is 7.03. The molecule has 3 fully saturated rings. The lowest BCUT2D eigenvalue weighted by molar-refractivity contribution is -0.134. The Morgan fingerprint density at radius 1 is 1.28 bits per heavy atom. The van der Waals surface area contributed by atoms with E-state index in [1.54, 1.807) is 6.92 Å². The van der Waals surface area contributed by atoms with Crippen molar-refractivity contribution in [3.63, 3.8) is 0 Å². The highest BCUT2D eigenvalue weighted by Gasteiger charge is 2.56. The van der Waals surface area contributed by atoms with Gasteiger partial charge in [0, 0.05) is 6.04 Å². The summed E-state index contributed by atoms with van der Waals surface area (Å²) in [6.07, 6.45) is 1.97. The van der Waals surface area contributed by atoms with Gasteiger partial charge in [-0.3, -0.25) is 19.8 Å². The van der Waals surface area contributed by atoms with Gasteiger partial charge in [0.05, 0.1) is 11.5 Å². The zero-order chi connectivity index (χ0) is 18.4. The molecule has 0 radical (unpaired) electrons. The zero-order valence-corrected chi connectivity index (χ0v) is 14.5. The smallest absolute Gasteiger partial charge is 0.325 e. The standard InChI is InChI=1S/C14H20N4O6S/c1-14(8-2-3-8)11(20)18(13(22)17-14)6-10(19)16-12(21)15-9-4-5-25(23,24)7-9/h8-9H,2-7H2,1H3,(H,17,22)(H2,15,16,19,21)/t9-,14+/m0/s1.